The number of carbonyl (C=O) groups excluding carboxylic acids is 2. The van der Waals surface area contributed by atoms with Crippen molar-refractivity contribution in [3.63, 3.8) is 0 Å². The molecule has 0 bridgehead atoms. The van der Waals surface area contributed by atoms with Gasteiger partial charge in [-0.25, -0.2) is 4.90 Å². The highest BCUT2D eigenvalue weighted by Gasteiger charge is 2.26. The van der Waals surface area contributed by atoms with Crippen LogP contribution in [0.15, 0.2) is 17.1 Å². The topological polar surface area (TPSA) is 99.5 Å². The summed E-state index contributed by atoms with van der Waals surface area (Å²) in [7, 11) is 0. The Bertz CT molecular complexity index is 320. The van der Waals surface area contributed by atoms with E-state index in [1.54, 1.807) is 0 Å². The number of nitriles is 1. The summed E-state index contributed by atoms with van der Waals surface area (Å²) in [5, 5.41) is 8.08. The fourth-order valence-corrected chi connectivity index (χ4v) is 0.727. The number of carbonyl (C=O) groups is 2. The molecule has 0 aliphatic carbocycles. The van der Waals surface area contributed by atoms with Crippen LogP contribution in [0.1, 0.15) is 13.8 Å². The summed E-state index contributed by atoms with van der Waals surface area (Å²) >= 11 is 0. The Morgan fingerprint density at radius 2 is 1.86 bits per heavy atom. The van der Waals surface area contributed by atoms with Gasteiger partial charge in [-0.1, -0.05) is 13.8 Å². The first-order valence-corrected chi connectivity index (χ1v) is 3.95. The summed E-state index contributed by atoms with van der Waals surface area (Å²) in [5.41, 5.74) is 5.14. The maximum atomic E-state index is 10.8. The number of imide groups is 1. The minimum absolute atomic E-state index is 0.405. The van der Waals surface area contributed by atoms with Crippen LogP contribution in [-0.4, -0.2) is 22.7 Å². The average Bonchev–Trinajstić information content (AvgIpc) is 2.50. The van der Waals surface area contributed by atoms with E-state index < -0.39 is 17.8 Å². The molecule has 1 heterocycles. The van der Waals surface area contributed by atoms with E-state index >= 15 is 0 Å². The molecule has 0 unspecified atom stereocenters. The Morgan fingerprint density at radius 3 is 2.21 bits per heavy atom. The Morgan fingerprint density at radius 1 is 1.43 bits per heavy atom. The molecule has 2 N–H and O–H groups in total. The Balaban J connectivity index is 0.000000791. The lowest BCUT2D eigenvalue weighted by atomic mass is 10.6. The summed E-state index contributed by atoms with van der Waals surface area (Å²) in [6, 6.07) is 0. The fraction of sp³-hybridized carbons (Fsp3) is 0.250. The molecule has 0 aromatic heterocycles. The van der Waals surface area contributed by atoms with E-state index in [1.165, 1.54) is 6.19 Å². The van der Waals surface area contributed by atoms with Gasteiger partial charge in [0.25, 0.3) is 11.8 Å². The molecule has 1 rings (SSSR count). The minimum atomic E-state index is -0.587. The van der Waals surface area contributed by atoms with Gasteiger partial charge in [0, 0.05) is 12.2 Å². The molecule has 0 aromatic carbocycles. The number of guanidine groups is 1. The van der Waals surface area contributed by atoms with Crippen molar-refractivity contribution in [2.24, 2.45) is 10.7 Å². The van der Waals surface area contributed by atoms with Gasteiger partial charge in [0.1, 0.15) is 0 Å². The highest BCUT2D eigenvalue weighted by atomic mass is 16.2. The largest absolute Gasteiger partial charge is 0.368 e. The summed E-state index contributed by atoms with van der Waals surface area (Å²) in [6.45, 7) is 4.00. The molecule has 6 nitrogen and oxygen atoms in total. The number of hydrogen-bond donors (Lipinski definition) is 1. The first kappa shape index (κ1) is 11.8. The normalized spacial score (nSPS) is 14.9. The highest BCUT2D eigenvalue weighted by molar-refractivity contribution is 6.23. The first-order chi connectivity index (χ1) is 6.66. The molecule has 0 saturated carbocycles. The van der Waals surface area contributed by atoms with Gasteiger partial charge in [-0.3, -0.25) is 9.59 Å². The van der Waals surface area contributed by atoms with Crippen molar-refractivity contribution in [2.75, 3.05) is 0 Å². The third-order valence-corrected chi connectivity index (χ3v) is 1.20. The lowest BCUT2D eigenvalue weighted by Gasteiger charge is -2.09. The van der Waals surface area contributed by atoms with Crippen molar-refractivity contribution in [3.8, 4) is 6.19 Å². The molecular formula is C8H10N4O2. The summed E-state index contributed by atoms with van der Waals surface area (Å²) in [5.74, 6) is -1.58. The van der Waals surface area contributed by atoms with Crippen LogP contribution in [0, 0.1) is 11.5 Å². The average molecular weight is 194 g/mol. The van der Waals surface area contributed by atoms with E-state index in [2.05, 4.69) is 4.99 Å². The van der Waals surface area contributed by atoms with Crippen LogP contribution in [-0.2, 0) is 9.59 Å². The zero-order valence-corrected chi connectivity index (χ0v) is 7.89. The predicted molar refractivity (Wildman–Crippen MR) is 49.6 cm³/mol. The lowest BCUT2D eigenvalue weighted by Crippen LogP contribution is -2.41. The third kappa shape index (κ3) is 2.42. The molecular weight excluding hydrogens is 184 g/mol. The Kier molecular flexibility index (Phi) is 4.63. The molecule has 0 saturated heterocycles. The van der Waals surface area contributed by atoms with Gasteiger partial charge < -0.3 is 5.73 Å². The molecule has 6 heteroatoms. The van der Waals surface area contributed by atoms with E-state index in [-0.39, 0.29) is 0 Å². The zero-order valence-electron chi connectivity index (χ0n) is 7.89. The zero-order chi connectivity index (χ0) is 11.1. The van der Waals surface area contributed by atoms with Gasteiger partial charge >= 0.3 is 0 Å². The van der Waals surface area contributed by atoms with Crippen LogP contribution in [0.2, 0.25) is 0 Å². The molecule has 74 valence electrons. The molecule has 0 aromatic rings. The van der Waals surface area contributed by atoms with Gasteiger partial charge in [0.05, 0.1) is 0 Å². The van der Waals surface area contributed by atoms with Gasteiger partial charge in [0.2, 0.25) is 12.2 Å². The van der Waals surface area contributed by atoms with Gasteiger partial charge in [-0.15, -0.1) is 4.99 Å². The number of aliphatic imine (C=N–C) groups is 1. The van der Waals surface area contributed by atoms with Crippen molar-refractivity contribution in [1.82, 2.24) is 4.90 Å². The number of nitrogens with zero attached hydrogens (tertiary/aromatic N) is 3. The second-order valence-corrected chi connectivity index (χ2v) is 1.92. The van der Waals surface area contributed by atoms with Crippen LogP contribution in [0.4, 0.5) is 0 Å². The molecule has 0 spiro atoms. The SMILES string of the molecule is CC.N#CN=C(N)N1C(=O)C=CC1=O. The van der Waals surface area contributed by atoms with Crippen LogP contribution >= 0.6 is 0 Å². The number of rotatable bonds is 0. The number of nitrogens with two attached hydrogens (primary N) is 1. The van der Waals surface area contributed by atoms with E-state index in [9.17, 15) is 9.59 Å². The third-order valence-electron chi connectivity index (χ3n) is 1.20. The maximum Gasteiger partial charge on any atom is 0.260 e. The summed E-state index contributed by atoms with van der Waals surface area (Å²) in [4.78, 5) is 25.4. The van der Waals surface area contributed by atoms with Crippen LogP contribution in [0.5, 0.6) is 0 Å². The smallest absolute Gasteiger partial charge is 0.260 e. The number of amides is 2. The van der Waals surface area contributed by atoms with Crippen LogP contribution in [0.25, 0.3) is 0 Å². The lowest BCUT2D eigenvalue weighted by molar-refractivity contribution is -0.132. The first-order valence-electron chi connectivity index (χ1n) is 3.95. The monoisotopic (exact) mass is 194 g/mol. The van der Waals surface area contributed by atoms with Crippen molar-refractivity contribution >= 4 is 17.8 Å². The second kappa shape index (κ2) is 5.48. The quantitative estimate of drug-likeness (QED) is 0.248. The highest BCUT2D eigenvalue weighted by Crippen LogP contribution is 2.01. The van der Waals surface area contributed by atoms with Crippen molar-refractivity contribution in [1.29, 1.82) is 5.26 Å². The second-order valence-electron chi connectivity index (χ2n) is 1.92. The molecule has 14 heavy (non-hydrogen) atoms. The van der Waals surface area contributed by atoms with Crippen molar-refractivity contribution in [2.45, 2.75) is 13.8 Å². The van der Waals surface area contributed by atoms with Crippen molar-refractivity contribution in [3.05, 3.63) is 12.2 Å². The standard InChI is InChI=1S/C6H4N4O2.C2H6/c7-3-9-6(8)10-4(11)1-2-5(10)12;1-2/h1-2H,(H2,8,9);1-2H3. The number of hydrogen-bond acceptors (Lipinski definition) is 4. The van der Waals surface area contributed by atoms with E-state index in [1.807, 2.05) is 13.8 Å². The summed E-state index contributed by atoms with van der Waals surface area (Å²) < 4.78 is 0. The predicted octanol–water partition coefficient (Wildman–Crippen LogP) is -0.267. The molecule has 1 aliphatic rings. The maximum absolute atomic E-state index is 10.8. The Labute approximate surface area is 81.3 Å². The van der Waals surface area contributed by atoms with E-state index in [0.717, 1.165) is 12.2 Å². The molecule has 2 amide bonds. The summed E-state index contributed by atoms with van der Waals surface area (Å²) in [6.07, 6.45) is 3.49. The van der Waals surface area contributed by atoms with Gasteiger partial charge in [-0.05, 0) is 0 Å². The Hall–Kier alpha value is -2.16. The molecule has 1 aliphatic heterocycles. The molecule has 0 fully saturated rings. The molecule has 0 atom stereocenters. The van der Waals surface area contributed by atoms with E-state index in [4.69, 9.17) is 11.0 Å². The van der Waals surface area contributed by atoms with Gasteiger partial charge in [-0.2, -0.15) is 5.26 Å². The van der Waals surface area contributed by atoms with Gasteiger partial charge in [0.15, 0.2) is 0 Å². The van der Waals surface area contributed by atoms with E-state index in [0.29, 0.717) is 4.90 Å². The molecule has 0 radical (unpaired) electrons. The van der Waals surface area contributed by atoms with Crippen molar-refractivity contribution < 1.29 is 9.59 Å². The fourth-order valence-electron chi connectivity index (χ4n) is 0.727. The van der Waals surface area contributed by atoms with Crippen LogP contribution < -0.4 is 5.73 Å². The minimum Gasteiger partial charge on any atom is -0.368 e. The van der Waals surface area contributed by atoms with Crippen LogP contribution in [0.3, 0.4) is 0 Å².